The van der Waals surface area contributed by atoms with Gasteiger partial charge >= 0.3 is 179 Å². The SMILES string of the molecule is [B]B=BB=BB=BB=BB=NCCCN1C(=O)CN(C(=O)OC(C)(C)C)CC1=O. The summed E-state index contributed by atoms with van der Waals surface area (Å²) in [6.45, 7) is 21.5. The summed E-state index contributed by atoms with van der Waals surface area (Å²) in [6.07, 6.45) is -0.103. The molecule has 17 heteroatoms. The second-order valence-corrected chi connectivity index (χ2v) is 7.22. The van der Waals surface area contributed by atoms with Crippen molar-refractivity contribution < 1.29 is 19.1 Å². The van der Waals surface area contributed by atoms with Crippen LogP contribution in [0.25, 0.3) is 0 Å². The van der Waals surface area contributed by atoms with E-state index in [0.717, 1.165) is 4.90 Å². The molecule has 0 N–H and O–H groups in total. The van der Waals surface area contributed by atoms with E-state index in [9.17, 15) is 14.4 Å². The zero-order valence-corrected chi connectivity index (χ0v) is 17.3. The van der Waals surface area contributed by atoms with Gasteiger partial charge in [0.1, 0.15) is 0 Å². The summed E-state index contributed by atoms with van der Waals surface area (Å²) in [7, 11) is 5.20. The Balaban J connectivity index is 2.34. The van der Waals surface area contributed by atoms with Gasteiger partial charge in [-0.15, -0.1) is 0 Å². The van der Waals surface area contributed by atoms with Crippen molar-refractivity contribution in [3.05, 3.63) is 0 Å². The predicted octanol–water partition coefficient (Wildman–Crippen LogP) is -3.09. The van der Waals surface area contributed by atoms with Gasteiger partial charge in [-0.2, -0.15) is 0 Å². The standard InChI is InChI=1S/C12H19B10N3O4/c1-12(2,3)29-11(28)24-7-9(26)25(10(27)8-24)6-4-5-23-22-21-20-19-18-17-16-15-14-13/h4-8H2,1-3H3. The van der Waals surface area contributed by atoms with E-state index in [4.69, 9.17) is 12.5 Å². The van der Waals surface area contributed by atoms with Gasteiger partial charge in [0.15, 0.2) is 0 Å². The average Bonchev–Trinajstić information content (AvgIpc) is 2.62. The van der Waals surface area contributed by atoms with E-state index in [1.807, 2.05) is 33.5 Å². The van der Waals surface area contributed by atoms with Crippen molar-refractivity contribution in [2.24, 2.45) is 4.90 Å². The molecule has 136 valence electrons. The Morgan fingerprint density at radius 1 is 1.03 bits per heavy atom. The summed E-state index contributed by atoms with van der Waals surface area (Å²) in [6, 6.07) is 0. The van der Waals surface area contributed by atoms with Gasteiger partial charge in [-0.3, -0.25) is 0 Å². The topological polar surface area (TPSA) is 79.3 Å². The van der Waals surface area contributed by atoms with Gasteiger partial charge in [0.25, 0.3) is 0 Å². The Morgan fingerprint density at radius 3 is 2.14 bits per heavy atom. The minimum absolute atomic E-state index is 0.158. The molecule has 0 unspecified atom stereocenters. The predicted molar refractivity (Wildman–Crippen MR) is 124 cm³/mol. The van der Waals surface area contributed by atoms with E-state index in [2.05, 4.69) is 4.90 Å². The van der Waals surface area contributed by atoms with Gasteiger partial charge in [-0.25, -0.2) is 0 Å². The van der Waals surface area contributed by atoms with Crippen LogP contribution < -0.4 is 0 Å². The van der Waals surface area contributed by atoms with Gasteiger partial charge in [0.2, 0.25) is 0 Å². The molecule has 0 bridgehead atoms. The van der Waals surface area contributed by atoms with E-state index >= 15 is 0 Å². The van der Waals surface area contributed by atoms with Crippen LogP contribution in [-0.2, 0) is 14.3 Å². The van der Waals surface area contributed by atoms with Crippen LogP contribution in [0.5, 0.6) is 0 Å². The van der Waals surface area contributed by atoms with Gasteiger partial charge in [0, 0.05) is 0 Å². The van der Waals surface area contributed by atoms with E-state index in [1.54, 1.807) is 41.1 Å². The van der Waals surface area contributed by atoms with Crippen LogP contribution >= 0.6 is 0 Å². The summed E-state index contributed by atoms with van der Waals surface area (Å²) in [4.78, 5) is 42.9. The first-order valence-electron chi connectivity index (χ1n) is 9.42. The van der Waals surface area contributed by atoms with Crippen LogP contribution in [-0.4, -0.2) is 128 Å². The Hall–Kier alpha value is -1.14. The Morgan fingerprint density at radius 2 is 1.59 bits per heavy atom. The molecular formula is C12H19B10N3O4. The summed E-state index contributed by atoms with van der Waals surface area (Å²) < 4.78 is 5.21. The normalized spacial score (nSPS) is 14.0. The summed E-state index contributed by atoms with van der Waals surface area (Å²) in [5.41, 5.74) is -0.679. The van der Waals surface area contributed by atoms with Gasteiger partial charge in [-0.1, -0.05) is 0 Å². The first-order valence-corrected chi connectivity index (χ1v) is 9.42. The van der Waals surface area contributed by atoms with Crippen molar-refractivity contribution in [1.82, 2.24) is 9.80 Å². The van der Waals surface area contributed by atoms with Crippen molar-refractivity contribution in [2.75, 3.05) is 26.2 Å². The van der Waals surface area contributed by atoms with Crippen molar-refractivity contribution >= 4 is 86.1 Å². The average molecular weight is 377 g/mol. The third-order valence-electron chi connectivity index (χ3n) is 3.54. The number of imide groups is 1. The molecule has 0 aliphatic carbocycles. The minimum atomic E-state index is -0.679. The van der Waals surface area contributed by atoms with Crippen LogP contribution in [0.2, 0.25) is 0 Å². The number of carbonyl (C=O) groups excluding carboxylic acids is 3. The molecule has 3 amide bonds. The third kappa shape index (κ3) is 11.6. The van der Waals surface area contributed by atoms with Crippen molar-refractivity contribution in [3.63, 3.8) is 0 Å². The van der Waals surface area contributed by atoms with E-state index < -0.39 is 23.5 Å². The number of nitrogens with zero attached hydrogens (tertiary/aromatic N) is 3. The number of piperazine rings is 1. The summed E-state index contributed by atoms with van der Waals surface area (Å²) >= 11 is 0. The van der Waals surface area contributed by atoms with Crippen LogP contribution in [0.3, 0.4) is 0 Å². The fraction of sp³-hybridized carbons (Fsp3) is 0.750. The first-order chi connectivity index (χ1) is 13.7. The Bertz CT molecular complexity index is 716. The molecule has 1 fully saturated rings. The molecule has 1 saturated heterocycles. The number of hydrogen-bond acceptors (Lipinski definition) is 5. The molecule has 0 aromatic rings. The number of hydrogen-bond donors (Lipinski definition) is 0. The van der Waals surface area contributed by atoms with Gasteiger partial charge < -0.3 is 0 Å². The van der Waals surface area contributed by atoms with Crippen LogP contribution in [0.15, 0.2) is 4.90 Å². The number of ether oxygens (including phenoxy) is 1. The zero-order valence-electron chi connectivity index (χ0n) is 17.3. The fourth-order valence-corrected chi connectivity index (χ4v) is 2.29. The summed E-state index contributed by atoms with van der Waals surface area (Å²) in [5.74, 6) is -0.808. The fourth-order valence-electron chi connectivity index (χ4n) is 2.29. The molecule has 1 rings (SSSR count). The van der Waals surface area contributed by atoms with Gasteiger partial charge in [-0.05, 0) is 0 Å². The molecule has 1 aliphatic rings. The quantitative estimate of drug-likeness (QED) is 0.255. The maximum absolute atomic E-state index is 12.2. The molecule has 0 atom stereocenters. The number of carbonyl (C=O) groups is 3. The van der Waals surface area contributed by atoms with Crippen molar-refractivity contribution in [3.8, 4) is 0 Å². The number of amides is 3. The Kier molecular flexibility index (Phi) is 12.5. The van der Waals surface area contributed by atoms with E-state index in [1.165, 1.54) is 11.6 Å². The summed E-state index contributed by atoms with van der Waals surface area (Å²) in [5, 5.41) is 0. The monoisotopic (exact) mass is 379 g/mol. The molecule has 2 radical (unpaired) electrons. The second kappa shape index (κ2) is 14.0. The van der Waals surface area contributed by atoms with E-state index in [-0.39, 0.29) is 19.6 Å². The van der Waals surface area contributed by atoms with Gasteiger partial charge in [0.05, 0.1) is 0 Å². The molecule has 0 saturated carbocycles. The van der Waals surface area contributed by atoms with Crippen LogP contribution in [0.1, 0.15) is 27.2 Å². The van der Waals surface area contributed by atoms with E-state index in [0.29, 0.717) is 13.0 Å². The maximum atomic E-state index is 12.2. The zero-order chi connectivity index (χ0) is 21.7. The Labute approximate surface area is 179 Å². The van der Waals surface area contributed by atoms with Crippen LogP contribution in [0, 0.1) is 0 Å². The molecule has 1 aliphatic heterocycles. The second-order valence-electron chi connectivity index (χ2n) is 7.22. The third-order valence-corrected chi connectivity index (χ3v) is 3.54. The first kappa shape index (κ1) is 25.9. The number of rotatable bonds is 8. The molecule has 1 heterocycles. The van der Waals surface area contributed by atoms with Crippen LogP contribution in [0.4, 0.5) is 4.79 Å². The molecule has 0 aromatic carbocycles. The van der Waals surface area contributed by atoms with Crippen molar-refractivity contribution in [1.29, 1.82) is 0 Å². The van der Waals surface area contributed by atoms with Crippen molar-refractivity contribution in [2.45, 2.75) is 32.8 Å². The molecule has 7 nitrogen and oxygen atoms in total. The molecule has 0 spiro atoms. The molecular weight excluding hydrogens is 358 g/mol. The molecule has 0 aromatic heterocycles. The molecule has 29 heavy (non-hydrogen) atoms.